The molecule has 0 saturated heterocycles. The van der Waals surface area contributed by atoms with Gasteiger partial charge in [-0.2, -0.15) is 0 Å². The Hall–Kier alpha value is -3.41. The van der Waals surface area contributed by atoms with Crippen LogP contribution < -0.4 is 0 Å². The maximum atomic E-state index is 12.8. The largest absolute Gasteiger partial charge is 0.462 e. The fourth-order valence-electron chi connectivity index (χ4n) is 6.99. The lowest BCUT2D eigenvalue weighted by atomic mass is 10.1. The van der Waals surface area contributed by atoms with Gasteiger partial charge in [0, 0.05) is 19.3 Å². The molecule has 0 spiro atoms. The predicted molar refractivity (Wildman–Crippen MR) is 270 cm³/mol. The molecule has 0 amide bonds. The molecule has 6 nitrogen and oxygen atoms in total. The van der Waals surface area contributed by atoms with E-state index in [1.54, 1.807) is 0 Å². The smallest absolute Gasteiger partial charge is 0.306 e. The van der Waals surface area contributed by atoms with E-state index >= 15 is 0 Å². The third kappa shape index (κ3) is 49.5. The summed E-state index contributed by atoms with van der Waals surface area (Å²) < 4.78 is 16.7. The summed E-state index contributed by atoms with van der Waals surface area (Å²) in [6.07, 6.45) is 65.8. The van der Waals surface area contributed by atoms with E-state index in [1.165, 1.54) is 116 Å². The molecule has 0 aromatic carbocycles. The Kier molecular flexibility index (Phi) is 48.5. The molecular weight excluding hydrogens is 781 g/mol. The van der Waals surface area contributed by atoms with E-state index in [2.05, 4.69) is 99.8 Å². The third-order valence-electron chi connectivity index (χ3n) is 10.9. The summed E-state index contributed by atoms with van der Waals surface area (Å²) in [7, 11) is 0. The van der Waals surface area contributed by atoms with Gasteiger partial charge in [0.15, 0.2) is 6.10 Å². The first-order valence-corrected chi connectivity index (χ1v) is 26.1. The van der Waals surface area contributed by atoms with Crippen LogP contribution in [-0.4, -0.2) is 37.2 Å². The number of esters is 3. The van der Waals surface area contributed by atoms with Crippen molar-refractivity contribution in [3.63, 3.8) is 0 Å². The lowest BCUT2D eigenvalue weighted by Crippen LogP contribution is -2.30. The van der Waals surface area contributed by atoms with Crippen LogP contribution in [0.25, 0.3) is 0 Å². The Labute approximate surface area is 388 Å². The molecule has 0 bridgehead atoms. The van der Waals surface area contributed by atoms with Gasteiger partial charge in [-0.05, 0) is 83.5 Å². The third-order valence-corrected chi connectivity index (χ3v) is 10.9. The summed E-state index contributed by atoms with van der Waals surface area (Å²) in [5.41, 5.74) is 0. The van der Waals surface area contributed by atoms with Crippen molar-refractivity contribution in [3.05, 3.63) is 85.1 Å². The van der Waals surface area contributed by atoms with Crippen molar-refractivity contribution in [1.82, 2.24) is 0 Å². The first-order valence-electron chi connectivity index (χ1n) is 26.1. The van der Waals surface area contributed by atoms with Gasteiger partial charge in [0.25, 0.3) is 0 Å². The molecule has 0 aliphatic heterocycles. The standard InChI is InChI=1S/C57H96O6/c1-4-7-10-13-16-19-21-23-25-27-28-30-31-33-35-38-41-44-47-50-56(59)62-53-54(52-61-55(58)49-46-43-40-37-18-15-12-9-6-3)63-57(60)51-48-45-42-39-36-34-32-29-26-24-22-20-17-14-11-8-5-2/h7,10,16,19,23-26,28,30,33,35,41,44,54H,4-6,8-9,11-15,17-18,20-22,27,29,31-32,34,36-40,42-43,45-53H2,1-3H3/b10-7-,19-16-,25-23-,26-24-,30-28-,35-33-,44-41-. The molecule has 0 heterocycles. The average molecular weight is 877 g/mol. The van der Waals surface area contributed by atoms with Gasteiger partial charge in [-0.3, -0.25) is 14.4 Å². The van der Waals surface area contributed by atoms with Crippen LogP contribution >= 0.6 is 0 Å². The van der Waals surface area contributed by atoms with E-state index < -0.39 is 6.10 Å². The van der Waals surface area contributed by atoms with Gasteiger partial charge in [0.1, 0.15) is 13.2 Å². The van der Waals surface area contributed by atoms with Crippen molar-refractivity contribution < 1.29 is 28.6 Å². The van der Waals surface area contributed by atoms with E-state index in [9.17, 15) is 14.4 Å². The molecule has 63 heavy (non-hydrogen) atoms. The molecule has 0 aliphatic carbocycles. The topological polar surface area (TPSA) is 78.9 Å². The number of carbonyl (C=O) groups excluding carboxylic acids is 3. The number of rotatable bonds is 46. The SMILES string of the molecule is CC/C=C\C/C=C\C/C=C\C/C=C\C/C=C\C/C=C\CCC(=O)OCC(COC(=O)CCCCCCCCCCC)OC(=O)CCCCCCCCC/C=C\CCCCCCCC. The van der Waals surface area contributed by atoms with Crippen LogP contribution in [0, 0.1) is 0 Å². The molecular formula is C57H96O6. The lowest BCUT2D eigenvalue weighted by molar-refractivity contribution is -0.166. The average Bonchev–Trinajstić information content (AvgIpc) is 3.28. The van der Waals surface area contributed by atoms with Crippen molar-refractivity contribution in [2.75, 3.05) is 13.2 Å². The Bertz CT molecular complexity index is 1240. The quantitative estimate of drug-likeness (QED) is 0.0262. The van der Waals surface area contributed by atoms with Gasteiger partial charge in [-0.1, -0.05) is 221 Å². The fraction of sp³-hybridized carbons (Fsp3) is 0.702. The summed E-state index contributed by atoms with van der Waals surface area (Å²) in [5, 5.41) is 0. The summed E-state index contributed by atoms with van der Waals surface area (Å²) >= 11 is 0. The Balaban J connectivity index is 4.45. The number of ether oxygens (including phenoxy) is 3. The number of allylic oxidation sites excluding steroid dienone is 14. The molecule has 1 atom stereocenters. The van der Waals surface area contributed by atoms with E-state index in [0.717, 1.165) is 77.0 Å². The highest BCUT2D eigenvalue weighted by Gasteiger charge is 2.19. The molecule has 0 aromatic rings. The molecule has 0 rings (SSSR count). The number of unbranched alkanes of at least 4 members (excludes halogenated alkanes) is 21. The molecule has 360 valence electrons. The normalized spacial score (nSPS) is 12.7. The highest BCUT2D eigenvalue weighted by atomic mass is 16.6. The van der Waals surface area contributed by atoms with Crippen molar-refractivity contribution in [2.45, 2.75) is 245 Å². The minimum Gasteiger partial charge on any atom is -0.462 e. The second-order valence-corrected chi connectivity index (χ2v) is 17.1. The maximum Gasteiger partial charge on any atom is 0.306 e. The number of hydrogen-bond donors (Lipinski definition) is 0. The zero-order chi connectivity index (χ0) is 45.8. The van der Waals surface area contributed by atoms with Crippen molar-refractivity contribution in [3.8, 4) is 0 Å². The van der Waals surface area contributed by atoms with Gasteiger partial charge >= 0.3 is 17.9 Å². The summed E-state index contributed by atoms with van der Waals surface area (Å²) in [6.45, 7) is 6.43. The second kappa shape index (κ2) is 51.2. The summed E-state index contributed by atoms with van der Waals surface area (Å²) in [6, 6.07) is 0. The minimum atomic E-state index is -0.806. The van der Waals surface area contributed by atoms with Crippen molar-refractivity contribution in [2.24, 2.45) is 0 Å². The van der Waals surface area contributed by atoms with Gasteiger partial charge in [0.2, 0.25) is 0 Å². The first kappa shape index (κ1) is 59.6. The summed E-state index contributed by atoms with van der Waals surface area (Å²) in [5.74, 6) is -0.996. The molecule has 0 aromatic heterocycles. The maximum absolute atomic E-state index is 12.8. The minimum absolute atomic E-state index is 0.101. The van der Waals surface area contributed by atoms with Crippen LogP contribution in [0.3, 0.4) is 0 Å². The van der Waals surface area contributed by atoms with Gasteiger partial charge in [-0.25, -0.2) is 0 Å². The molecule has 0 aliphatic rings. The van der Waals surface area contributed by atoms with Gasteiger partial charge in [-0.15, -0.1) is 0 Å². The van der Waals surface area contributed by atoms with Crippen LogP contribution in [0.4, 0.5) is 0 Å². The molecule has 1 unspecified atom stereocenters. The molecule has 0 fully saturated rings. The van der Waals surface area contributed by atoms with E-state index in [-0.39, 0.29) is 37.5 Å². The lowest BCUT2D eigenvalue weighted by Gasteiger charge is -2.18. The highest BCUT2D eigenvalue weighted by Crippen LogP contribution is 2.14. The van der Waals surface area contributed by atoms with Crippen LogP contribution in [-0.2, 0) is 28.6 Å². The van der Waals surface area contributed by atoms with Crippen molar-refractivity contribution in [1.29, 1.82) is 0 Å². The first-order chi connectivity index (χ1) is 31.0. The molecule has 6 heteroatoms. The highest BCUT2D eigenvalue weighted by molar-refractivity contribution is 5.71. The van der Waals surface area contributed by atoms with Crippen LogP contribution in [0.1, 0.15) is 239 Å². The van der Waals surface area contributed by atoms with Crippen LogP contribution in [0.5, 0.6) is 0 Å². The van der Waals surface area contributed by atoms with Crippen LogP contribution in [0.2, 0.25) is 0 Å². The van der Waals surface area contributed by atoms with E-state index in [4.69, 9.17) is 14.2 Å². The Morgan fingerprint density at radius 3 is 1.06 bits per heavy atom. The number of carbonyl (C=O) groups is 3. The number of hydrogen-bond acceptors (Lipinski definition) is 6. The Morgan fingerprint density at radius 1 is 0.333 bits per heavy atom. The van der Waals surface area contributed by atoms with Gasteiger partial charge < -0.3 is 14.2 Å². The molecule has 0 saturated carbocycles. The molecule has 0 N–H and O–H groups in total. The summed E-state index contributed by atoms with van der Waals surface area (Å²) in [4.78, 5) is 37.9. The van der Waals surface area contributed by atoms with Crippen molar-refractivity contribution >= 4 is 17.9 Å². The second-order valence-electron chi connectivity index (χ2n) is 17.1. The predicted octanol–water partition coefficient (Wildman–Crippen LogP) is 17.2. The van der Waals surface area contributed by atoms with Crippen LogP contribution in [0.15, 0.2) is 85.1 Å². The van der Waals surface area contributed by atoms with Gasteiger partial charge in [0.05, 0.1) is 0 Å². The fourth-order valence-corrected chi connectivity index (χ4v) is 6.99. The van der Waals surface area contributed by atoms with E-state index in [0.29, 0.717) is 19.3 Å². The monoisotopic (exact) mass is 877 g/mol. The zero-order valence-corrected chi connectivity index (χ0v) is 41.1. The zero-order valence-electron chi connectivity index (χ0n) is 41.1. The molecule has 0 radical (unpaired) electrons. The van der Waals surface area contributed by atoms with E-state index in [1.807, 2.05) is 6.08 Å². The Morgan fingerprint density at radius 2 is 0.651 bits per heavy atom.